The van der Waals surface area contributed by atoms with Crippen LogP contribution in [0.15, 0.2) is 57.8 Å². The number of hydrogen-bond acceptors (Lipinski definition) is 6. The maximum absolute atomic E-state index is 13.1. The van der Waals surface area contributed by atoms with Gasteiger partial charge in [-0.2, -0.15) is 0 Å². The number of ether oxygens (including phenoxy) is 1. The second-order valence-corrected chi connectivity index (χ2v) is 8.85. The summed E-state index contributed by atoms with van der Waals surface area (Å²) >= 11 is 5.89. The lowest BCUT2D eigenvalue weighted by molar-refractivity contribution is 0.0992. The third kappa shape index (κ3) is 4.92. The molecule has 1 heterocycles. The van der Waals surface area contributed by atoms with Crippen molar-refractivity contribution < 1.29 is 31.9 Å². The summed E-state index contributed by atoms with van der Waals surface area (Å²) in [6.07, 6.45) is 0. The topological polar surface area (TPSA) is 106 Å². The van der Waals surface area contributed by atoms with Gasteiger partial charge in [-0.3, -0.25) is 4.79 Å². The molecular weight excluding hydrogens is 437 g/mol. The quantitative estimate of drug-likeness (QED) is 0.513. The summed E-state index contributed by atoms with van der Waals surface area (Å²) in [4.78, 5) is 12.4. The number of nitrogens with one attached hydrogen (secondary N) is 1. The molecule has 0 aliphatic heterocycles. The Balaban J connectivity index is 1.70. The van der Waals surface area contributed by atoms with Gasteiger partial charge in [0.05, 0.1) is 21.4 Å². The molecule has 0 saturated carbocycles. The normalized spacial score (nSPS) is 11.3. The Hall–Kier alpha value is -3.04. The van der Waals surface area contributed by atoms with Crippen LogP contribution in [-0.2, 0) is 16.4 Å². The van der Waals surface area contributed by atoms with Crippen LogP contribution in [0, 0.1) is 5.82 Å². The SMILES string of the molecule is CCS(=O)(=O)c1ccc(O)c(NC(=O)c2ccc(COc3ccc(F)cc3Cl)o2)c1. The number of aromatic hydroxyl groups is 1. The van der Waals surface area contributed by atoms with E-state index < -0.39 is 21.6 Å². The summed E-state index contributed by atoms with van der Waals surface area (Å²) < 4.78 is 47.9. The molecule has 2 aromatic carbocycles. The summed E-state index contributed by atoms with van der Waals surface area (Å²) in [6, 6.07) is 10.2. The molecule has 7 nitrogen and oxygen atoms in total. The lowest BCUT2D eigenvalue weighted by atomic mass is 10.3. The highest BCUT2D eigenvalue weighted by Gasteiger charge is 2.18. The van der Waals surface area contributed by atoms with Crippen LogP contribution in [0.25, 0.3) is 0 Å². The molecule has 158 valence electrons. The van der Waals surface area contributed by atoms with Crippen LogP contribution < -0.4 is 10.1 Å². The number of anilines is 1. The first kappa shape index (κ1) is 21.7. The third-order valence-electron chi connectivity index (χ3n) is 4.10. The lowest BCUT2D eigenvalue weighted by Gasteiger charge is -2.09. The van der Waals surface area contributed by atoms with Crippen molar-refractivity contribution in [1.82, 2.24) is 0 Å². The highest BCUT2D eigenvalue weighted by atomic mass is 35.5. The number of halogens is 2. The number of hydrogen-bond donors (Lipinski definition) is 2. The second kappa shape index (κ2) is 8.76. The number of sulfone groups is 1. The van der Waals surface area contributed by atoms with E-state index in [1.807, 2.05) is 0 Å². The van der Waals surface area contributed by atoms with Crippen LogP contribution in [0.3, 0.4) is 0 Å². The minimum absolute atomic E-state index is 0.0252. The highest BCUT2D eigenvalue weighted by Crippen LogP contribution is 2.28. The number of furan rings is 1. The average Bonchev–Trinajstić information content (AvgIpc) is 3.18. The molecule has 30 heavy (non-hydrogen) atoms. The molecule has 0 atom stereocenters. The van der Waals surface area contributed by atoms with Crippen molar-refractivity contribution in [1.29, 1.82) is 0 Å². The van der Waals surface area contributed by atoms with Crippen molar-refractivity contribution in [2.45, 2.75) is 18.4 Å². The Morgan fingerprint density at radius 1 is 1.20 bits per heavy atom. The lowest BCUT2D eigenvalue weighted by Crippen LogP contribution is -2.12. The summed E-state index contributed by atoms with van der Waals surface area (Å²) in [5.41, 5.74) is -0.0678. The highest BCUT2D eigenvalue weighted by molar-refractivity contribution is 7.91. The number of amides is 1. The minimum atomic E-state index is -3.51. The average molecular weight is 454 g/mol. The second-order valence-electron chi connectivity index (χ2n) is 6.17. The number of phenols is 1. The van der Waals surface area contributed by atoms with Crippen LogP contribution in [0.2, 0.25) is 5.02 Å². The molecule has 0 fully saturated rings. The maximum atomic E-state index is 13.1. The van der Waals surface area contributed by atoms with Gasteiger partial charge in [0.1, 0.15) is 29.7 Å². The van der Waals surface area contributed by atoms with Crippen molar-refractivity contribution >= 4 is 33.0 Å². The maximum Gasteiger partial charge on any atom is 0.291 e. The number of benzene rings is 2. The first-order chi connectivity index (χ1) is 14.2. The molecular formula is C20H17ClFNO6S. The smallest absolute Gasteiger partial charge is 0.291 e. The predicted molar refractivity (Wildman–Crippen MR) is 108 cm³/mol. The molecule has 1 aromatic heterocycles. The van der Waals surface area contributed by atoms with Gasteiger partial charge in [-0.15, -0.1) is 0 Å². The van der Waals surface area contributed by atoms with Gasteiger partial charge in [0.25, 0.3) is 5.91 Å². The van der Waals surface area contributed by atoms with Crippen molar-refractivity contribution in [3.63, 3.8) is 0 Å². The van der Waals surface area contributed by atoms with Crippen molar-refractivity contribution in [3.05, 3.63) is 70.9 Å². The first-order valence-electron chi connectivity index (χ1n) is 8.73. The fraction of sp³-hybridized carbons (Fsp3) is 0.150. The summed E-state index contributed by atoms with van der Waals surface area (Å²) in [5.74, 6) is -1.14. The van der Waals surface area contributed by atoms with E-state index in [2.05, 4.69) is 5.32 Å². The van der Waals surface area contributed by atoms with Gasteiger partial charge < -0.3 is 19.6 Å². The Morgan fingerprint density at radius 2 is 1.97 bits per heavy atom. The van der Waals surface area contributed by atoms with Crippen LogP contribution in [-0.4, -0.2) is 25.2 Å². The summed E-state index contributed by atoms with van der Waals surface area (Å²) in [7, 11) is -3.51. The van der Waals surface area contributed by atoms with E-state index in [9.17, 15) is 22.7 Å². The Morgan fingerprint density at radius 3 is 2.67 bits per heavy atom. The molecule has 0 radical (unpaired) electrons. The van der Waals surface area contributed by atoms with Gasteiger partial charge >= 0.3 is 0 Å². The first-order valence-corrected chi connectivity index (χ1v) is 10.8. The van der Waals surface area contributed by atoms with E-state index in [0.29, 0.717) is 5.76 Å². The van der Waals surface area contributed by atoms with Crippen molar-refractivity contribution in [3.8, 4) is 11.5 Å². The Bertz CT molecular complexity index is 1190. The predicted octanol–water partition coefficient (Wildman–Crippen LogP) is 4.40. The van der Waals surface area contributed by atoms with E-state index >= 15 is 0 Å². The van der Waals surface area contributed by atoms with E-state index in [4.69, 9.17) is 20.8 Å². The van der Waals surface area contributed by atoms with E-state index in [-0.39, 0.29) is 45.2 Å². The minimum Gasteiger partial charge on any atom is -0.506 e. The monoisotopic (exact) mass is 453 g/mol. The third-order valence-corrected chi connectivity index (χ3v) is 6.13. The zero-order valence-electron chi connectivity index (χ0n) is 15.7. The van der Waals surface area contributed by atoms with E-state index in [0.717, 1.165) is 6.07 Å². The Labute approximate surface area is 177 Å². The zero-order chi connectivity index (χ0) is 21.9. The molecule has 2 N–H and O–H groups in total. The molecule has 0 unspecified atom stereocenters. The Kier molecular flexibility index (Phi) is 6.33. The van der Waals surface area contributed by atoms with Crippen LogP contribution >= 0.6 is 11.6 Å². The van der Waals surface area contributed by atoms with E-state index in [1.165, 1.54) is 49.4 Å². The number of phenolic OH excluding ortho intramolecular Hbond substituents is 1. The van der Waals surface area contributed by atoms with Gasteiger partial charge in [-0.1, -0.05) is 18.5 Å². The molecule has 3 rings (SSSR count). The van der Waals surface area contributed by atoms with Crippen molar-refractivity contribution in [2.24, 2.45) is 0 Å². The summed E-state index contributed by atoms with van der Waals surface area (Å²) in [6.45, 7) is 1.43. The molecule has 0 bridgehead atoms. The standard InChI is InChI=1S/C20H17ClFNO6S/c1-2-30(26,27)14-5-6-17(24)16(10-14)23-20(25)19-8-4-13(29-19)11-28-18-7-3-12(22)9-15(18)21/h3-10,24H,2,11H2,1H3,(H,23,25). The largest absolute Gasteiger partial charge is 0.506 e. The zero-order valence-corrected chi connectivity index (χ0v) is 17.3. The van der Waals surface area contributed by atoms with Crippen LogP contribution in [0.4, 0.5) is 10.1 Å². The fourth-order valence-corrected chi connectivity index (χ4v) is 3.61. The fourth-order valence-electron chi connectivity index (χ4n) is 2.48. The molecule has 0 aliphatic carbocycles. The van der Waals surface area contributed by atoms with Gasteiger partial charge in [0.15, 0.2) is 15.6 Å². The van der Waals surface area contributed by atoms with Gasteiger partial charge in [-0.05, 0) is 48.5 Å². The van der Waals surface area contributed by atoms with Crippen LogP contribution in [0.5, 0.6) is 11.5 Å². The van der Waals surface area contributed by atoms with Gasteiger partial charge in [0, 0.05) is 0 Å². The van der Waals surface area contributed by atoms with Gasteiger partial charge in [-0.25, -0.2) is 12.8 Å². The number of rotatable bonds is 7. The van der Waals surface area contributed by atoms with Crippen LogP contribution in [0.1, 0.15) is 23.2 Å². The van der Waals surface area contributed by atoms with E-state index in [1.54, 1.807) is 0 Å². The summed E-state index contributed by atoms with van der Waals surface area (Å²) in [5, 5.41) is 12.4. The van der Waals surface area contributed by atoms with Gasteiger partial charge in [0.2, 0.25) is 0 Å². The number of carbonyl (C=O) groups excluding carboxylic acids is 1. The molecule has 0 aliphatic rings. The number of carbonyl (C=O) groups is 1. The molecule has 3 aromatic rings. The molecule has 0 spiro atoms. The molecule has 0 saturated heterocycles. The van der Waals surface area contributed by atoms with Crippen molar-refractivity contribution in [2.75, 3.05) is 11.1 Å². The molecule has 1 amide bonds. The molecule has 10 heteroatoms.